The fourth-order valence-electron chi connectivity index (χ4n) is 3.78. The molecule has 36 heavy (non-hydrogen) atoms. The molecule has 12 nitrogen and oxygen atoms in total. The Balaban J connectivity index is 2.00. The molecule has 0 saturated carbocycles. The van der Waals surface area contributed by atoms with Gasteiger partial charge in [-0.2, -0.15) is 0 Å². The fourth-order valence-corrected chi connectivity index (χ4v) is 4.61. The van der Waals surface area contributed by atoms with Gasteiger partial charge in [-0.1, -0.05) is 25.1 Å². The summed E-state index contributed by atoms with van der Waals surface area (Å²) in [5, 5.41) is 48.3. The van der Waals surface area contributed by atoms with Gasteiger partial charge in [0.05, 0.1) is 24.1 Å². The predicted molar refractivity (Wildman–Crippen MR) is 130 cm³/mol. The van der Waals surface area contributed by atoms with Crippen LogP contribution >= 0.6 is 11.8 Å². The number of hydrogen-bond acceptors (Lipinski definition) is 11. The molecule has 0 bridgehead atoms. The lowest BCUT2D eigenvalue weighted by Crippen LogP contribution is -2.61. The molecule has 202 valence electrons. The van der Waals surface area contributed by atoms with Crippen molar-refractivity contribution in [1.82, 2.24) is 0 Å². The Morgan fingerprint density at radius 3 is 2.44 bits per heavy atom. The van der Waals surface area contributed by atoms with Crippen LogP contribution in [0.3, 0.4) is 0 Å². The Morgan fingerprint density at radius 2 is 1.86 bits per heavy atom. The standard InChI is InChI=1S/C23H34N2O10S/c1-4-13-7-5-6-11(2)16(13)25(12(3)8-26)15(27)10-36-9-14(24)22(33)35-23-19(30)17(28)18(29)20(34-23)21(31)32/h5-7,12,14,17-20,23,26,28-30H,4,8-10,24H2,1-3H3,(H,31,32)/t12-,14-,17-,18-,19+,20-,23-/m0/s1. The highest BCUT2D eigenvalue weighted by atomic mass is 32.2. The van der Waals surface area contributed by atoms with Crippen molar-refractivity contribution < 1.29 is 49.4 Å². The number of aliphatic carboxylic acids is 1. The third-order valence-electron chi connectivity index (χ3n) is 5.79. The number of esters is 1. The molecule has 0 radical (unpaired) electrons. The summed E-state index contributed by atoms with van der Waals surface area (Å²) in [5.74, 6) is -3.08. The van der Waals surface area contributed by atoms with Gasteiger partial charge in [-0.15, -0.1) is 11.8 Å². The molecule has 0 unspecified atom stereocenters. The minimum atomic E-state index is -1.92. The van der Waals surface area contributed by atoms with Crippen LogP contribution < -0.4 is 10.6 Å². The maximum absolute atomic E-state index is 13.1. The monoisotopic (exact) mass is 530 g/mol. The fraction of sp³-hybridized carbons (Fsp3) is 0.609. The van der Waals surface area contributed by atoms with Crippen LogP contribution in [0.1, 0.15) is 25.0 Å². The lowest BCUT2D eigenvalue weighted by molar-refractivity contribution is -0.286. The molecule has 1 saturated heterocycles. The summed E-state index contributed by atoms with van der Waals surface area (Å²) in [4.78, 5) is 38.2. The first-order valence-electron chi connectivity index (χ1n) is 11.4. The number of amides is 1. The normalized spacial score (nSPS) is 25.6. The molecule has 0 aliphatic carbocycles. The summed E-state index contributed by atoms with van der Waals surface area (Å²) in [6.45, 7) is 5.32. The molecule has 1 amide bonds. The van der Waals surface area contributed by atoms with E-state index >= 15 is 0 Å². The number of nitrogens with zero attached hydrogens (tertiary/aromatic N) is 1. The molecule has 1 aromatic rings. The number of carbonyl (C=O) groups excluding carboxylic acids is 2. The summed E-state index contributed by atoms with van der Waals surface area (Å²) in [6, 6.07) is 3.94. The first kappa shape index (κ1) is 30.0. The summed E-state index contributed by atoms with van der Waals surface area (Å²) >= 11 is 1.05. The smallest absolute Gasteiger partial charge is 0.335 e. The van der Waals surface area contributed by atoms with Crippen LogP contribution in [0.25, 0.3) is 0 Å². The molecule has 0 spiro atoms. The summed E-state index contributed by atoms with van der Waals surface area (Å²) in [6.07, 6.45) is -8.83. The molecule has 1 aromatic carbocycles. The Labute approximate surface area is 213 Å². The Morgan fingerprint density at radius 1 is 1.19 bits per heavy atom. The molecule has 0 aromatic heterocycles. The van der Waals surface area contributed by atoms with Gasteiger partial charge in [-0.25, -0.2) is 4.79 Å². The van der Waals surface area contributed by atoms with Gasteiger partial charge in [0.1, 0.15) is 24.4 Å². The van der Waals surface area contributed by atoms with Crippen molar-refractivity contribution in [1.29, 1.82) is 0 Å². The minimum Gasteiger partial charge on any atom is -0.479 e. The van der Waals surface area contributed by atoms with E-state index in [1.165, 1.54) is 4.90 Å². The van der Waals surface area contributed by atoms with E-state index in [2.05, 4.69) is 0 Å². The summed E-state index contributed by atoms with van der Waals surface area (Å²) in [7, 11) is 0. The lowest BCUT2D eigenvalue weighted by atomic mass is 9.99. The van der Waals surface area contributed by atoms with Gasteiger partial charge >= 0.3 is 11.9 Å². The quantitative estimate of drug-likeness (QED) is 0.186. The molecule has 7 atom stereocenters. The van der Waals surface area contributed by atoms with Gasteiger partial charge in [-0.3, -0.25) is 9.59 Å². The van der Waals surface area contributed by atoms with E-state index in [1.54, 1.807) is 6.92 Å². The zero-order valence-corrected chi connectivity index (χ0v) is 21.1. The summed E-state index contributed by atoms with van der Waals surface area (Å²) in [5.41, 5.74) is 8.40. The number of nitrogens with two attached hydrogens (primary N) is 1. The zero-order valence-electron chi connectivity index (χ0n) is 20.3. The van der Waals surface area contributed by atoms with Crippen molar-refractivity contribution in [2.24, 2.45) is 5.73 Å². The van der Waals surface area contributed by atoms with Crippen molar-refractivity contribution in [2.45, 2.75) is 70.0 Å². The molecule has 7 N–H and O–H groups in total. The minimum absolute atomic E-state index is 0.0582. The first-order valence-corrected chi connectivity index (χ1v) is 12.6. The molecule has 1 heterocycles. The van der Waals surface area contributed by atoms with E-state index < -0.39 is 54.7 Å². The second-order valence-electron chi connectivity index (χ2n) is 8.53. The number of aliphatic hydroxyl groups excluding tert-OH is 4. The molecule has 1 aliphatic heterocycles. The van der Waals surface area contributed by atoms with Crippen LogP contribution in [0.4, 0.5) is 5.69 Å². The second-order valence-corrected chi connectivity index (χ2v) is 9.56. The number of carbonyl (C=O) groups is 3. The van der Waals surface area contributed by atoms with E-state index in [1.807, 2.05) is 32.0 Å². The van der Waals surface area contributed by atoms with E-state index in [0.717, 1.165) is 28.6 Å². The van der Waals surface area contributed by atoms with E-state index in [9.17, 15) is 34.8 Å². The molecule has 2 rings (SSSR count). The van der Waals surface area contributed by atoms with Gasteiger partial charge in [0.15, 0.2) is 6.10 Å². The number of aliphatic hydroxyl groups is 4. The number of thioether (sulfide) groups is 1. The molecule has 13 heteroatoms. The third kappa shape index (κ3) is 6.94. The highest BCUT2D eigenvalue weighted by Crippen LogP contribution is 2.29. The Hall–Kier alpha value is -2.26. The van der Waals surface area contributed by atoms with Gasteiger partial charge in [0.2, 0.25) is 12.2 Å². The summed E-state index contributed by atoms with van der Waals surface area (Å²) < 4.78 is 9.84. The predicted octanol–water partition coefficient (Wildman–Crippen LogP) is -1.23. The number of para-hydroxylation sites is 1. The molecular formula is C23H34N2O10S. The number of benzene rings is 1. The van der Waals surface area contributed by atoms with Crippen LogP contribution in [0.5, 0.6) is 0 Å². The van der Waals surface area contributed by atoms with Gasteiger partial charge in [0, 0.05) is 5.75 Å². The van der Waals surface area contributed by atoms with Crippen LogP contribution in [-0.4, -0.2) is 104 Å². The van der Waals surface area contributed by atoms with E-state index in [-0.39, 0.29) is 24.0 Å². The van der Waals surface area contributed by atoms with Crippen LogP contribution in [-0.2, 0) is 30.3 Å². The third-order valence-corrected chi connectivity index (χ3v) is 6.83. The topological polar surface area (TPSA) is 200 Å². The number of anilines is 1. The van der Waals surface area contributed by atoms with E-state index in [4.69, 9.17) is 20.3 Å². The number of hydrogen-bond donors (Lipinski definition) is 6. The van der Waals surface area contributed by atoms with Gasteiger partial charge < -0.3 is 45.6 Å². The van der Waals surface area contributed by atoms with Crippen LogP contribution in [0.2, 0.25) is 0 Å². The number of rotatable bonds is 11. The second kappa shape index (κ2) is 13.3. The van der Waals surface area contributed by atoms with Crippen LogP contribution in [0, 0.1) is 6.92 Å². The first-order chi connectivity index (χ1) is 16.9. The molecule has 1 aliphatic rings. The molecular weight excluding hydrogens is 496 g/mol. The highest BCUT2D eigenvalue weighted by molar-refractivity contribution is 8.00. The van der Waals surface area contributed by atoms with Crippen molar-refractivity contribution in [2.75, 3.05) is 23.0 Å². The Kier molecular flexibility index (Phi) is 11.1. The highest BCUT2D eigenvalue weighted by Gasteiger charge is 2.48. The SMILES string of the molecule is CCc1cccc(C)c1N(C(=O)CSC[C@H](N)C(=O)O[C@@H]1O[C@H](C(=O)O)[C@@H](O)[C@H](O)[C@H]1O)[C@@H](C)CO. The van der Waals surface area contributed by atoms with Crippen molar-refractivity contribution in [3.8, 4) is 0 Å². The van der Waals surface area contributed by atoms with Gasteiger partial charge in [-0.05, 0) is 31.4 Å². The van der Waals surface area contributed by atoms with E-state index in [0.29, 0.717) is 6.42 Å². The van der Waals surface area contributed by atoms with Crippen LogP contribution in [0.15, 0.2) is 18.2 Å². The maximum atomic E-state index is 13.1. The number of aryl methyl sites for hydroxylation is 2. The van der Waals surface area contributed by atoms with Crippen molar-refractivity contribution in [3.05, 3.63) is 29.3 Å². The Bertz CT molecular complexity index is 932. The maximum Gasteiger partial charge on any atom is 0.335 e. The average Bonchev–Trinajstić information content (AvgIpc) is 2.84. The molecule has 1 fully saturated rings. The lowest BCUT2D eigenvalue weighted by Gasteiger charge is -2.38. The van der Waals surface area contributed by atoms with Crippen molar-refractivity contribution in [3.63, 3.8) is 0 Å². The average molecular weight is 531 g/mol. The number of ether oxygens (including phenoxy) is 2. The van der Waals surface area contributed by atoms with Gasteiger partial charge in [0.25, 0.3) is 0 Å². The number of carboxylic acids is 1. The zero-order chi connectivity index (χ0) is 27.2. The van der Waals surface area contributed by atoms with Crippen molar-refractivity contribution >= 4 is 35.3 Å². The number of carboxylic acid groups (broad SMARTS) is 1. The largest absolute Gasteiger partial charge is 0.479 e.